The smallest absolute Gasteiger partial charge is 0.262 e. The predicted octanol–water partition coefficient (Wildman–Crippen LogP) is 4.90. The van der Waals surface area contributed by atoms with Crippen LogP contribution in [0.3, 0.4) is 0 Å². The summed E-state index contributed by atoms with van der Waals surface area (Å²) in [6, 6.07) is 5.86. The molecule has 0 aromatic heterocycles. The van der Waals surface area contributed by atoms with Gasteiger partial charge in [0.2, 0.25) is 0 Å². The lowest BCUT2D eigenvalue weighted by atomic mass is 9.95. The Morgan fingerprint density at radius 2 is 1.33 bits per heavy atom. The molecule has 2 aromatic rings. The third kappa shape index (κ3) is 3.07. The van der Waals surface area contributed by atoms with Crippen molar-refractivity contribution in [3.8, 4) is 0 Å². The van der Waals surface area contributed by atoms with Crippen molar-refractivity contribution in [2.24, 2.45) is 0 Å². The summed E-state index contributed by atoms with van der Waals surface area (Å²) in [6.45, 7) is 13.8. The molecule has 2 rings (SSSR count). The van der Waals surface area contributed by atoms with E-state index in [1.54, 1.807) is 0 Å². The fraction of sp³-hybridized carbons (Fsp3) is 0.400. The Labute approximate surface area is 146 Å². The van der Waals surface area contributed by atoms with Crippen LogP contribution >= 0.6 is 0 Å². The van der Waals surface area contributed by atoms with Crippen LogP contribution in [0, 0.1) is 41.5 Å². The van der Waals surface area contributed by atoms with Crippen LogP contribution in [-0.4, -0.2) is 8.42 Å². The topological polar surface area (TPSA) is 46.2 Å². The zero-order valence-electron chi connectivity index (χ0n) is 15.7. The highest BCUT2D eigenvalue weighted by Gasteiger charge is 2.24. The van der Waals surface area contributed by atoms with Gasteiger partial charge >= 0.3 is 0 Å². The van der Waals surface area contributed by atoms with Crippen LogP contribution < -0.4 is 4.72 Å². The number of hydrogen-bond acceptors (Lipinski definition) is 2. The number of rotatable bonds is 4. The molecule has 4 heteroatoms. The fourth-order valence-electron chi connectivity index (χ4n) is 3.22. The standard InChI is InChI=1S/C20H27NO2S/c1-8-18-11-9-10-12(2)19(18)21-24(22,23)20-16(6)14(4)13(3)15(5)17(20)7/h9-11,21H,8H2,1-7H3. The lowest BCUT2D eigenvalue weighted by molar-refractivity contribution is 0.599. The molecule has 0 fully saturated rings. The molecule has 0 aliphatic heterocycles. The molecular weight excluding hydrogens is 318 g/mol. The summed E-state index contributed by atoms with van der Waals surface area (Å²) in [5.74, 6) is 0. The number of benzene rings is 2. The third-order valence-corrected chi connectivity index (χ3v) is 6.80. The van der Waals surface area contributed by atoms with Gasteiger partial charge in [0.05, 0.1) is 10.6 Å². The number of nitrogens with one attached hydrogen (secondary N) is 1. The van der Waals surface area contributed by atoms with Crippen molar-refractivity contribution in [1.29, 1.82) is 0 Å². The Morgan fingerprint density at radius 3 is 1.83 bits per heavy atom. The molecule has 0 aliphatic rings. The number of anilines is 1. The van der Waals surface area contributed by atoms with Gasteiger partial charge in [0.1, 0.15) is 0 Å². The highest BCUT2D eigenvalue weighted by atomic mass is 32.2. The minimum atomic E-state index is -3.64. The summed E-state index contributed by atoms with van der Waals surface area (Å²) >= 11 is 0. The Hall–Kier alpha value is -1.81. The first-order chi connectivity index (χ1) is 11.1. The van der Waals surface area contributed by atoms with E-state index in [1.807, 2.05) is 66.7 Å². The Morgan fingerprint density at radius 1 is 0.833 bits per heavy atom. The molecule has 1 N–H and O–H groups in total. The van der Waals surface area contributed by atoms with E-state index < -0.39 is 10.0 Å². The first-order valence-electron chi connectivity index (χ1n) is 8.30. The molecule has 0 atom stereocenters. The van der Waals surface area contributed by atoms with Crippen molar-refractivity contribution in [3.05, 3.63) is 57.1 Å². The molecule has 0 radical (unpaired) electrons. The summed E-state index contributed by atoms with van der Waals surface area (Å²) in [7, 11) is -3.64. The van der Waals surface area contributed by atoms with Gasteiger partial charge in [-0.25, -0.2) is 8.42 Å². The molecule has 0 saturated heterocycles. The van der Waals surface area contributed by atoms with Crippen LogP contribution in [0.15, 0.2) is 23.1 Å². The van der Waals surface area contributed by atoms with Crippen LogP contribution in [0.2, 0.25) is 0 Å². The highest BCUT2D eigenvalue weighted by molar-refractivity contribution is 7.92. The lowest BCUT2D eigenvalue weighted by Gasteiger charge is -2.21. The second-order valence-electron chi connectivity index (χ2n) is 6.52. The first-order valence-corrected chi connectivity index (χ1v) is 9.78. The van der Waals surface area contributed by atoms with E-state index in [4.69, 9.17) is 0 Å². The molecule has 0 bridgehead atoms. The molecule has 0 heterocycles. The number of hydrogen-bond donors (Lipinski definition) is 1. The average molecular weight is 346 g/mol. The molecule has 0 saturated carbocycles. The molecule has 0 unspecified atom stereocenters. The van der Waals surface area contributed by atoms with Crippen LogP contribution in [-0.2, 0) is 16.4 Å². The number of sulfonamides is 1. The minimum absolute atomic E-state index is 0.411. The first kappa shape index (κ1) is 18.5. The van der Waals surface area contributed by atoms with E-state index in [-0.39, 0.29) is 0 Å². The van der Waals surface area contributed by atoms with Crippen LogP contribution in [0.1, 0.15) is 45.9 Å². The van der Waals surface area contributed by atoms with Crippen LogP contribution in [0.25, 0.3) is 0 Å². The molecular formula is C20H27NO2S. The molecule has 24 heavy (non-hydrogen) atoms. The third-order valence-electron chi connectivity index (χ3n) is 5.18. The molecule has 3 nitrogen and oxygen atoms in total. The van der Waals surface area contributed by atoms with E-state index in [0.717, 1.165) is 45.4 Å². The van der Waals surface area contributed by atoms with Gasteiger partial charge < -0.3 is 0 Å². The van der Waals surface area contributed by atoms with E-state index in [2.05, 4.69) is 4.72 Å². The van der Waals surface area contributed by atoms with Gasteiger partial charge in [0.25, 0.3) is 10.0 Å². The largest absolute Gasteiger partial charge is 0.279 e. The van der Waals surface area contributed by atoms with Gasteiger partial charge in [-0.05, 0) is 86.9 Å². The lowest BCUT2D eigenvalue weighted by Crippen LogP contribution is -2.19. The van der Waals surface area contributed by atoms with Crippen molar-refractivity contribution in [3.63, 3.8) is 0 Å². The van der Waals surface area contributed by atoms with Gasteiger partial charge in [0, 0.05) is 0 Å². The predicted molar refractivity (Wildman–Crippen MR) is 101 cm³/mol. The molecule has 2 aromatic carbocycles. The van der Waals surface area contributed by atoms with Gasteiger partial charge in [0.15, 0.2) is 0 Å². The normalized spacial score (nSPS) is 11.6. The maximum Gasteiger partial charge on any atom is 0.262 e. The van der Waals surface area contributed by atoms with Crippen LogP contribution in [0.5, 0.6) is 0 Å². The van der Waals surface area contributed by atoms with E-state index in [1.165, 1.54) is 0 Å². The van der Waals surface area contributed by atoms with Crippen molar-refractivity contribution in [2.45, 2.75) is 59.8 Å². The average Bonchev–Trinajstić information content (AvgIpc) is 2.52. The van der Waals surface area contributed by atoms with Crippen molar-refractivity contribution in [2.75, 3.05) is 4.72 Å². The quantitative estimate of drug-likeness (QED) is 0.856. The zero-order chi connectivity index (χ0) is 18.2. The molecule has 0 amide bonds. The monoisotopic (exact) mass is 345 g/mol. The zero-order valence-corrected chi connectivity index (χ0v) is 16.5. The summed E-state index contributed by atoms with van der Waals surface area (Å²) in [5, 5.41) is 0. The summed E-state index contributed by atoms with van der Waals surface area (Å²) in [5.41, 5.74) is 7.55. The maximum atomic E-state index is 13.2. The Bertz CT molecular complexity index is 867. The molecule has 0 aliphatic carbocycles. The molecule has 0 spiro atoms. The Balaban J connectivity index is 2.67. The van der Waals surface area contributed by atoms with E-state index in [9.17, 15) is 8.42 Å². The molecule has 130 valence electrons. The van der Waals surface area contributed by atoms with E-state index in [0.29, 0.717) is 10.6 Å². The summed E-state index contributed by atoms with van der Waals surface area (Å²) < 4.78 is 29.2. The fourth-order valence-corrected chi connectivity index (χ4v) is 5.00. The second-order valence-corrected chi connectivity index (χ2v) is 8.14. The van der Waals surface area contributed by atoms with Gasteiger partial charge in [-0.3, -0.25) is 4.72 Å². The summed E-state index contributed by atoms with van der Waals surface area (Å²) in [4.78, 5) is 0.411. The van der Waals surface area contributed by atoms with Gasteiger partial charge in [-0.15, -0.1) is 0 Å². The number of para-hydroxylation sites is 1. The van der Waals surface area contributed by atoms with E-state index >= 15 is 0 Å². The van der Waals surface area contributed by atoms with Crippen LogP contribution in [0.4, 0.5) is 5.69 Å². The SMILES string of the molecule is CCc1cccc(C)c1NS(=O)(=O)c1c(C)c(C)c(C)c(C)c1C. The van der Waals surface area contributed by atoms with Gasteiger partial charge in [-0.2, -0.15) is 0 Å². The van der Waals surface area contributed by atoms with Crippen molar-refractivity contribution >= 4 is 15.7 Å². The summed E-state index contributed by atoms with van der Waals surface area (Å²) in [6.07, 6.45) is 0.781. The second kappa shape index (κ2) is 6.60. The van der Waals surface area contributed by atoms with Gasteiger partial charge in [-0.1, -0.05) is 25.1 Å². The maximum absolute atomic E-state index is 13.2. The highest BCUT2D eigenvalue weighted by Crippen LogP contribution is 2.32. The van der Waals surface area contributed by atoms with Crippen molar-refractivity contribution < 1.29 is 8.42 Å². The Kier molecular flexibility index (Phi) is 5.09. The number of aryl methyl sites for hydroxylation is 2. The minimum Gasteiger partial charge on any atom is -0.279 e. The van der Waals surface area contributed by atoms with Crippen molar-refractivity contribution in [1.82, 2.24) is 0 Å².